The topological polar surface area (TPSA) is 93.2 Å². The number of fused-ring (bicyclic) bond motifs is 2. The van der Waals surface area contributed by atoms with Gasteiger partial charge in [-0.05, 0) is 42.3 Å². The third-order valence-corrected chi connectivity index (χ3v) is 7.37. The van der Waals surface area contributed by atoms with Crippen molar-refractivity contribution in [1.29, 1.82) is 0 Å². The lowest BCUT2D eigenvalue weighted by atomic mass is 10.0. The Morgan fingerprint density at radius 3 is 2.24 bits per heavy atom. The fraction of sp³-hybridized carbons (Fsp3) is 0.250. The molecule has 3 aliphatic rings. The highest BCUT2D eigenvalue weighted by molar-refractivity contribution is 8.00. The Bertz CT molecular complexity index is 1190. The third-order valence-electron chi connectivity index (χ3n) is 5.96. The van der Waals surface area contributed by atoms with Gasteiger partial charge in [0, 0.05) is 5.75 Å². The van der Waals surface area contributed by atoms with Crippen LogP contribution < -0.4 is 4.74 Å². The Hall–Kier alpha value is -3.59. The number of imide groups is 1. The quantitative estimate of drug-likeness (QED) is 0.381. The van der Waals surface area contributed by atoms with E-state index in [2.05, 4.69) is 0 Å². The van der Waals surface area contributed by atoms with Gasteiger partial charge in [0.05, 0.1) is 18.2 Å². The SMILES string of the molecule is COc1ccc(COC(=O)C2=C(C)CS[C@@H]3[C@H](N4C(=O)c5ccccc5C4=O)C(=O)N23)cc1. The van der Waals surface area contributed by atoms with Crippen molar-refractivity contribution in [2.45, 2.75) is 24.9 Å². The summed E-state index contributed by atoms with van der Waals surface area (Å²) >= 11 is 1.42. The van der Waals surface area contributed by atoms with Crippen LogP contribution in [0.15, 0.2) is 59.8 Å². The minimum Gasteiger partial charge on any atom is -0.497 e. The summed E-state index contributed by atoms with van der Waals surface area (Å²) in [5.74, 6) is -0.851. The predicted molar refractivity (Wildman–Crippen MR) is 119 cm³/mol. The highest BCUT2D eigenvalue weighted by atomic mass is 32.2. The van der Waals surface area contributed by atoms with Crippen LogP contribution in [0.3, 0.4) is 0 Å². The molecule has 0 bridgehead atoms. The summed E-state index contributed by atoms with van der Waals surface area (Å²) in [4.78, 5) is 54.2. The summed E-state index contributed by atoms with van der Waals surface area (Å²) in [6.45, 7) is 1.82. The zero-order valence-electron chi connectivity index (χ0n) is 17.9. The molecular formula is C24H20N2O6S. The number of hydrogen-bond donors (Lipinski definition) is 0. The number of β-lactam (4-membered cyclic amide) rings is 1. The van der Waals surface area contributed by atoms with Gasteiger partial charge in [0.1, 0.15) is 29.5 Å². The molecule has 0 unspecified atom stereocenters. The minimum atomic E-state index is -0.945. The van der Waals surface area contributed by atoms with E-state index in [9.17, 15) is 19.2 Å². The predicted octanol–water partition coefficient (Wildman–Crippen LogP) is 2.59. The molecule has 5 rings (SSSR count). The van der Waals surface area contributed by atoms with E-state index in [1.165, 1.54) is 16.7 Å². The number of rotatable bonds is 5. The van der Waals surface area contributed by atoms with Crippen molar-refractivity contribution in [3.8, 4) is 5.75 Å². The van der Waals surface area contributed by atoms with Crippen LogP contribution in [0.1, 0.15) is 33.2 Å². The Balaban J connectivity index is 1.33. The first kappa shape index (κ1) is 21.3. The monoisotopic (exact) mass is 464 g/mol. The first-order chi connectivity index (χ1) is 15.9. The average molecular weight is 464 g/mol. The number of benzene rings is 2. The van der Waals surface area contributed by atoms with Gasteiger partial charge in [-0.1, -0.05) is 24.3 Å². The van der Waals surface area contributed by atoms with Crippen molar-refractivity contribution >= 4 is 35.5 Å². The second-order valence-electron chi connectivity index (χ2n) is 7.93. The summed E-state index contributed by atoms with van der Waals surface area (Å²) < 4.78 is 10.6. The molecule has 0 saturated carbocycles. The van der Waals surface area contributed by atoms with Crippen LogP contribution in [0, 0.1) is 0 Å². The van der Waals surface area contributed by atoms with Crippen molar-refractivity contribution in [2.75, 3.05) is 12.9 Å². The molecule has 0 radical (unpaired) electrons. The van der Waals surface area contributed by atoms with E-state index in [1.807, 2.05) is 0 Å². The van der Waals surface area contributed by atoms with Crippen LogP contribution in [0.4, 0.5) is 0 Å². The molecular weight excluding hydrogens is 444 g/mol. The van der Waals surface area contributed by atoms with Crippen LogP contribution in [0.25, 0.3) is 0 Å². The molecule has 1 fully saturated rings. The second-order valence-corrected chi connectivity index (χ2v) is 9.04. The molecule has 3 aliphatic heterocycles. The molecule has 0 aromatic heterocycles. The summed E-state index contributed by atoms with van der Waals surface area (Å²) in [5, 5.41) is -0.521. The number of ether oxygens (including phenoxy) is 2. The van der Waals surface area contributed by atoms with Crippen LogP contribution in [-0.4, -0.2) is 57.8 Å². The maximum atomic E-state index is 13.1. The van der Waals surface area contributed by atoms with E-state index in [-0.39, 0.29) is 12.3 Å². The van der Waals surface area contributed by atoms with Crippen LogP contribution in [0.5, 0.6) is 5.75 Å². The zero-order valence-corrected chi connectivity index (χ0v) is 18.8. The summed E-state index contributed by atoms with van der Waals surface area (Å²) in [6, 6.07) is 12.7. The molecule has 3 heterocycles. The summed E-state index contributed by atoms with van der Waals surface area (Å²) in [5.41, 5.74) is 2.26. The molecule has 0 aliphatic carbocycles. The fourth-order valence-electron chi connectivity index (χ4n) is 4.25. The van der Waals surface area contributed by atoms with Gasteiger partial charge in [-0.3, -0.25) is 24.2 Å². The number of esters is 1. The number of hydrogen-bond acceptors (Lipinski definition) is 7. The molecule has 8 nitrogen and oxygen atoms in total. The van der Waals surface area contributed by atoms with E-state index < -0.39 is 35.1 Å². The highest BCUT2D eigenvalue weighted by Crippen LogP contribution is 2.44. The van der Waals surface area contributed by atoms with E-state index in [4.69, 9.17) is 9.47 Å². The van der Waals surface area contributed by atoms with E-state index in [0.29, 0.717) is 28.2 Å². The van der Waals surface area contributed by atoms with Crippen LogP contribution >= 0.6 is 11.8 Å². The lowest BCUT2D eigenvalue weighted by Crippen LogP contribution is -2.71. The standard InChI is InChI=1S/C24H20N2O6S/c1-13-12-33-23-19(25-20(27)16-5-3-4-6-17(16)21(25)28)22(29)26(23)18(13)24(30)32-11-14-7-9-15(31-2)10-8-14/h3-10,19,23H,11-12H2,1-2H3/t19-,23-/m1/s1. The lowest BCUT2D eigenvalue weighted by Gasteiger charge is -2.51. The first-order valence-corrected chi connectivity index (χ1v) is 11.4. The van der Waals surface area contributed by atoms with Gasteiger partial charge in [-0.15, -0.1) is 11.8 Å². The Morgan fingerprint density at radius 1 is 1.00 bits per heavy atom. The van der Waals surface area contributed by atoms with Crippen LogP contribution in [-0.2, 0) is 20.9 Å². The van der Waals surface area contributed by atoms with Crippen molar-refractivity contribution in [2.24, 2.45) is 0 Å². The van der Waals surface area contributed by atoms with Crippen molar-refractivity contribution in [3.05, 3.63) is 76.5 Å². The van der Waals surface area contributed by atoms with E-state index in [1.54, 1.807) is 62.6 Å². The first-order valence-electron chi connectivity index (χ1n) is 10.3. The normalized spacial score (nSPS) is 21.6. The lowest BCUT2D eigenvalue weighted by molar-refractivity contribution is -0.154. The summed E-state index contributed by atoms with van der Waals surface area (Å²) in [6.07, 6.45) is 0. The number of nitrogens with zero attached hydrogens (tertiary/aromatic N) is 2. The largest absolute Gasteiger partial charge is 0.497 e. The second kappa shape index (κ2) is 8.08. The van der Waals surface area contributed by atoms with Crippen molar-refractivity contribution in [1.82, 2.24) is 9.80 Å². The van der Waals surface area contributed by atoms with Crippen LogP contribution in [0.2, 0.25) is 0 Å². The fourth-order valence-corrected chi connectivity index (χ4v) is 5.58. The van der Waals surface area contributed by atoms with Crippen molar-refractivity contribution in [3.63, 3.8) is 0 Å². The molecule has 1 saturated heterocycles. The Morgan fingerprint density at radius 2 is 1.64 bits per heavy atom. The van der Waals surface area contributed by atoms with Gasteiger partial charge < -0.3 is 9.47 Å². The molecule has 2 atom stereocenters. The Kier molecular flexibility index (Phi) is 5.20. The van der Waals surface area contributed by atoms with Gasteiger partial charge in [0.15, 0.2) is 0 Å². The molecule has 0 spiro atoms. The molecule has 3 amide bonds. The van der Waals surface area contributed by atoms with E-state index in [0.717, 1.165) is 10.5 Å². The summed E-state index contributed by atoms with van der Waals surface area (Å²) in [7, 11) is 1.57. The number of methoxy groups -OCH3 is 1. The van der Waals surface area contributed by atoms with Gasteiger partial charge in [-0.2, -0.15) is 0 Å². The van der Waals surface area contributed by atoms with Gasteiger partial charge >= 0.3 is 5.97 Å². The molecule has 2 aromatic carbocycles. The third kappa shape index (κ3) is 3.31. The number of thioether (sulfide) groups is 1. The smallest absolute Gasteiger partial charge is 0.355 e. The maximum Gasteiger partial charge on any atom is 0.355 e. The average Bonchev–Trinajstić information content (AvgIpc) is 3.08. The maximum absolute atomic E-state index is 13.1. The Labute approximate surface area is 194 Å². The minimum absolute atomic E-state index is 0.0429. The van der Waals surface area contributed by atoms with Crippen molar-refractivity contribution < 1.29 is 28.7 Å². The molecule has 168 valence electrons. The number of carbonyl (C=O) groups excluding carboxylic acids is 4. The number of amides is 3. The molecule has 2 aromatic rings. The molecule has 9 heteroatoms. The molecule has 33 heavy (non-hydrogen) atoms. The number of carbonyl (C=O) groups is 4. The van der Waals surface area contributed by atoms with Gasteiger partial charge in [-0.25, -0.2) is 4.79 Å². The molecule has 0 N–H and O–H groups in total. The van der Waals surface area contributed by atoms with E-state index >= 15 is 0 Å². The highest BCUT2D eigenvalue weighted by Gasteiger charge is 2.59. The van der Waals surface area contributed by atoms with Gasteiger partial charge in [0.25, 0.3) is 17.7 Å². The zero-order chi connectivity index (χ0) is 23.3. The van der Waals surface area contributed by atoms with Gasteiger partial charge in [0.2, 0.25) is 0 Å².